The van der Waals surface area contributed by atoms with Crippen LogP contribution in [0.3, 0.4) is 0 Å². The molecule has 1 aromatic rings. The van der Waals surface area contributed by atoms with E-state index in [1.165, 1.54) is 6.20 Å². The van der Waals surface area contributed by atoms with Crippen molar-refractivity contribution >= 4 is 11.9 Å². The Morgan fingerprint density at radius 2 is 2.14 bits per heavy atom. The maximum absolute atomic E-state index is 8.73. The monoisotopic (exact) mass is 375 g/mol. The number of hydrogen-bond acceptors (Lipinski definition) is 5. The molecule has 1 aliphatic heterocycles. The van der Waals surface area contributed by atoms with E-state index in [0.29, 0.717) is 17.1 Å². The average molecular weight is 376 g/mol. The lowest BCUT2D eigenvalue weighted by Gasteiger charge is -2.22. The van der Waals surface area contributed by atoms with Crippen molar-refractivity contribution in [2.24, 2.45) is 10.7 Å². The summed E-state index contributed by atoms with van der Waals surface area (Å²) in [4.78, 5) is 6.30. The van der Waals surface area contributed by atoms with Gasteiger partial charge >= 0.3 is 0 Å². The predicted molar refractivity (Wildman–Crippen MR) is 119 cm³/mol. The molecule has 5 heteroatoms. The van der Waals surface area contributed by atoms with Gasteiger partial charge < -0.3 is 16.0 Å². The van der Waals surface area contributed by atoms with Crippen LogP contribution in [0.4, 0.5) is 0 Å². The summed E-state index contributed by atoms with van der Waals surface area (Å²) in [5.74, 6) is 0.722. The molecule has 0 amide bonds. The molecule has 0 radical (unpaired) electrons. The number of aliphatic imine (C=N–C) groups is 1. The summed E-state index contributed by atoms with van der Waals surface area (Å²) in [6.07, 6.45) is 10.5. The van der Waals surface area contributed by atoms with Gasteiger partial charge in [-0.2, -0.15) is 0 Å². The van der Waals surface area contributed by atoms with Crippen molar-refractivity contribution in [2.75, 3.05) is 7.05 Å². The van der Waals surface area contributed by atoms with Crippen molar-refractivity contribution in [1.82, 2.24) is 10.2 Å². The number of nitrogens with two attached hydrogens (primary N) is 1. The van der Waals surface area contributed by atoms with Crippen molar-refractivity contribution in [3.63, 3.8) is 0 Å². The molecule has 28 heavy (non-hydrogen) atoms. The van der Waals surface area contributed by atoms with Crippen molar-refractivity contribution < 1.29 is 0 Å². The van der Waals surface area contributed by atoms with Gasteiger partial charge in [0.15, 0.2) is 0 Å². The summed E-state index contributed by atoms with van der Waals surface area (Å²) < 4.78 is 0. The number of aryl methyl sites for hydroxylation is 2. The molecule has 0 aromatic heterocycles. The summed E-state index contributed by atoms with van der Waals surface area (Å²) in [5.41, 5.74) is 11.1. The lowest BCUT2D eigenvalue weighted by Crippen LogP contribution is -2.24. The Hall–Kier alpha value is -3.34. The second-order valence-corrected chi connectivity index (χ2v) is 6.64. The second kappa shape index (κ2) is 9.55. The molecule has 5 nitrogen and oxygen atoms in total. The van der Waals surface area contributed by atoms with E-state index in [4.69, 9.17) is 11.1 Å². The fraction of sp³-hybridized carbons (Fsp3) is 0.217. The summed E-state index contributed by atoms with van der Waals surface area (Å²) in [5, 5.41) is 11.9. The quantitative estimate of drug-likeness (QED) is 0.598. The van der Waals surface area contributed by atoms with E-state index in [1.807, 2.05) is 37.2 Å². The third-order valence-corrected chi connectivity index (χ3v) is 4.47. The number of hydrogen-bond donors (Lipinski definition) is 3. The summed E-state index contributed by atoms with van der Waals surface area (Å²) >= 11 is 0. The molecule has 0 aliphatic carbocycles. The zero-order valence-corrected chi connectivity index (χ0v) is 16.9. The Bertz CT molecular complexity index is 900. The third kappa shape index (κ3) is 4.68. The molecule has 0 saturated carbocycles. The number of rotatable bonds is 8. The topological polar surface area (TPSA) is 77.5 Å². The zero-order chi connectivity index (χ0) is 20.7. The molecule has 1 aliphatic rings. The molecular weight excluding hydrogens is 346 g/mol. The van der Waals surface area contributed by atoms with Crippen LogP contribution < -0.4 is 11.1 Å². The molecule has 146 valence electrons. The predicted octanol–water partition coefficient (Wildman–Crippen LogP) is 4.15. The van der Waals surface area contributed by atoms with Gasteiger partial charge in [0.05, 0.1) is 11.4 Å². The first-order valence-electron chi connectivity index (χ1n) is 9.30. The highest BCUT2D eigenvalue weighted by Crippen LogP contribution is 2.22. The van der Waals surface area contributed by atoms with E-state index >= 15 is 0 Å². The van der Waals surface area contributed by atoms with Crippen LogP contribution in [0.15, 0.2) is 83.7 Å². The Morgan fingerprint density at radius 1 is 1.39 bits per heavy atom. The van der Waals surface area contributed by atoms with Crippen LogP contribution >= 0.6 is 0 Å². The van der Waals surface area contributed by atoms with Gasteiger partial charge in [-0.25, -0.2) is 4.99 Å². The zero-order valence-electron chi connectivity index (χ0n) is 16.9. The minimum Gasteiger partial charge on any atom is -0.403 e. The minimum atomic E-state index is 0.338. The van der Waals surface area contributed by atoms with Crippen LogP contribution in [0.5, 0.6) is 0 Å². The average Bonchev–Trinajstić information content (AvgIpc) is 2.69. The number of nitrogens with zero attached hydrogens (tertiary/aromatic N) is 2. The van der Waals surface area contributed by atoms with Crippen molar-refractivity contribution in [2.45, 2.75) is 26.7 Å². The van der Waals surface area contributed by atoms with Crippen LogP contribution in [0.2, 0.25) is 0 Å². The van der Waals surface area contributed by atoms with Crippen LogP contribution in [0.25, 0.3) is 0 Å². The summed E-state index contributed by atoms with van der Waals surface area (Å²) in [6, 6.07) is 6.18. The van der Waals surface area contributed by atoms with Gasteiger partial charge in [0.25, 0.3) is 0 Å². The Kier molecular flexibility index (Phi) is 7.15. The second-order valence-electron chi connectivity index (χ2n) is 6.64. The highest BCUT2D eigenvalue weighted by molar-refractivity contribution is 6.11. The highest BCUT2D eigenvalue weighted by atomic mass is 15.2. The number of benzene rings is 1. The normalized spacial score (nSPS) is 15.4. The fourth-order valence-electron chi connectivity index (χ4n) is 3.02. The molecule has 0 spiro atoms. The van der Waals surface area contributed by atoms with Crippen molar-refractivity contribution in [3.8, 4) is 0 Å². The van der Waals surface area contributed by atoms with Gasteiger partial charge in [-0.1, -0.05) is 50.3 Å². The number of nitrogens with one attached hydrogen (secondary N) is 2. The van der Waals surface area contributed by atoms with E-state index in [2.05, 4.69) is 42.5 Å². The van der Waals surface area contributed by atoms with Gasteiger partial charge in [-0.05, 0) is 31.1 Å². The van der Waals surface area contributed by atoms with Crippen molar-refractivity contribution in [3.05, 3.63) is 95.4 Å². The molecule has 0 fully saturated rings. The Morgan fingerprint density at radius 3 is 2.75 bits per heavy atom. The standard InChI is InChI=1S/C23H29N5/c1-6-9-18-11-10-16(3)14-20(18)22(25)21(15-24)27-17(4)19(7-2)23-26-12-8-13-28(23)5/h7-8,10-15,25,27H,2,4,6,9,24H2,1,3,5H3/b21-15+,23-19+,25-22?. The van der Waals surface area contributed by atoms with E-state index in [1.54, 1.807) is 12.3 Å². The molecule has 2 rings (SSSR count). The molecule has 1 aromatic carbocycles. The maximum atomic E-state index is 8.73. The maximum Gasteiger partial charge on any atom is 0.141 e. The smallest absolute Gasteiger partial charge is 0.141 e. The fourth-order valence-corrected chi connectivity index (χ4v) is 3.02. The molecule has 1 heterocycles. The van der Waals surface area contributed by atoms with Crippen LogP contribution in [0.1, 0.15) is 30.0 Å². The van der Waals surface area contributed by atoms with E-state index in [0.717, 1.165) is 40.9 Å². The lowest BCUT2D eigenvalue weighted by atomic mass is 9.95. The summed E-state index contributed by atoms with van der Waals surface area (Å²) in [6.45, 7) is 12.2. The van der Waals surface area contributed by atoms with Crippen LogP contribution in [-0.2, 0) is 6.42 Å². The van der Waals surface area contributed by atoms with Gasteiger partial charge in [-0.3, -0.25) is 5.41 Å². The Labute approximate surface area is 167 Å². The highest BCUT2D eigenvalue weighted by Gasteiger charge is 2.16. The molecular formula is C23H29N5. The SMILES string of the molecule is C=C/C(C(=C)N/C(=C/N)C(=N)c1cc(C)ccc1CCC)=C1/N=CC=CN1C. The van der Waals surface area contributed by atoms with Crippen LogP contribution in [0, 0.1) is 12.3 Å². The van der Waals surface area contributed by atoms with E-state index in [9.17, 15) is 0 Å². The summed E-state index contributed by atoms with van der Waals surface area (Å²) in [7, 11) is 1.91. The Balaban J connectivity index is 2.33. The third-order valence-electron chi connectivity index (χ3n) is 4.47. The van der Waals surface area contributed by atoms with Gasteiger partial charge in [0.2, 0.25) is 0 Å². The molecule has 0 saturated heterocycles. The molecule has 4 N–H and O–H groups in total. The molecule has 0 atom stereocenters. The first kappa shape index (κ1) is 21.0. The van der Waals surface area contributed by atoms with Gasteiger partial charge in [-0.15, -0.1) is 0 Å². The lowest BCUT2D eigenvalue weighted by molar-refractivity contribution is 0.553. The first-order chi connectivity index (χ1) is 13.4. The van der Waals surface area contributed by atoms with Crippen LogP contribution in [-0.4, -0.2) is 23.9 Å². The first-order valence-corrected chi connectivity index (χ1v) is 9.30. The van der Waals surface area contributed by atoms with E-state index in [-0.39, 0.29) is 0 Å². The van der Waals surface area contributed by atoms with E-state index < -0.39 is 0 Å². The van der Waals surface area contributed by atoms with Gasteiger partial charge in [0, 0.05) is 42.5 Å². The number of allylic oxidation sites excluding steroid dienone is 3. The minimum absolute atomic E-state index is 0.338. The van der Waals surface area contributed by atoms with Gasteiger partial charge in [0.1, 0.15) is 5.82 Å². The molecule has 0 bridgehead atoms. The van der Waals surface area contributed by atoms with Crippen molar-refractivity contribution in [1.29, 1.82) is 5.41 Å². The molecule has 0 unspecified atom stereocenters. The largest absolute Gasteiger partial charge is 0.403 e.